The predicted molar refractivity (Wildman–Crippen MR) is 71.0 cm³/mol. The molecule has 0 atom stereocenters. The molecule has 2 radical (unpaired) electrons. The quantitative estimate of drug-likeness (QED) is 0.829. The Kier molecular flexibility index (Phi) is 2.97. The summed E-state index contributed by atoms with van der Waals surface area (Å²) >= 11 is 1.28. The van der Waals surface area contributed by atoms with Gasteiger partial charge >= 0.3 is 0 Å². The van der Waals surface area contributed by atoms with Gasteiger partial charge in [0.25, 0.3) is 0 Å². The maximum absolute atomic E-state index is 9.61. The van der Waals surface area contributed by atoms with Crippen LogP contribution < -0.4 is 15.4 Å². The number of fused-ring (bicyclic) bond motifs is 1. The molecule has 0 unspecified atom stereocenters. The van der Waals surface area contributed by atoms with Crippen molar-refractivity contribution < 1.29 is 9.47 Å². The van der Waals surface area contributed by atoms with Crippen molar-refractivity contribution in [3.8, 4) is 5.75 Å². The lowest BCUT2D eigenvalue weighted by molar-refractivity contribution is 0.123. The lowest BCUT2D eigenvalue weighted by Gasteiger charge is -2.29. The van der Waals surface area contributed by atoms with Crippen LogP contribution in [0.5, 0.6) is 5.75 Å². The monoisotopic (exact) mass is 263 g/mol. The number of hydrogen-bond donors (Lipinski definition) is 0. The van der Waals surface area contributed by atoms with Crippen LogP contribution in [0.25, 0.3) is 10.2 Å². The van der Waals surface area contributed by atoms with E-state index in [2.05, 4.69) is 9.88 Å². The van der Waals surface area contributed by atoms with Gasteiger partial charge in [-0.1, -0.05) is 11.3 Å². The Labute approximate surface area is 109 Å². The fraction of sp³-hybridized carbons (Fsp3) is 0.417. The SMILES string of the molecule is COc1ccc(N2CCOCC2)c2sc([N])nc12. The van der Waals surface area contributed by atoms with Crippen LogP contribution in [-0.4, -0.2) is 38.4 Å². The molecule has 0 N–H and O–H groups in total. The van der Waals surface area contributed by atoms with E-state index in [4.69, 9.17) is 9.47 Å². The summed E-state index contributed by atoms with van der Waals surface area (Å²) in [7, 11) is 1.61. The number of anilines is 1. The molecule has 0 saturated carbocycles. The molecule has 18 heavy (non-hydrogen) atoms. The number of morpholine rings is 1. The van der Waals surface area contributed by atoms with E-state index < -0.39 is 0 Å². The van der Waals surface area contributed by atoms with Gasteiger partial charge in [0, 0.05) is 13.1 Å². The van der Waals surface area contributed by atoms with Crippen LogP contribution in [0.1, 0.15) is 0 Å². The first-order valence-corrected chi connectivity index (χ1v) is 6.60. The minimum Gasteiger partial charge on any atom is -0.494 e. The zero-order chi connectivity index (χ0) is 12.5. The first-order valence-electron chi connectivity index (χ1n) is 5.79. The van der Waals surface area contributed by atoms with Crippen molar-refractivity contribution in [2.45, 2.75) is 0 Å². The van der Waals surface area contributed by atoms with Crippen LogP contribution in [0, 0.1) is 0 Å². The predicted octanol–water partition coefficient (Wildman–Crippen LogP) is 1.84. The maximum Gasteiger partial charge on any atom is 0.231 e. The number of thiazole rings is 1. The standard InChI is InChI=1S/C12H13N3O2S/c1-16-9-3-2-8(15-4-6-17-7-5-15)11-10(9)14-12(13)18-11/h2-3H,4-7H2,1H3. The Bertz CT molecular complexity index is 564. The highest BCUT2D eigenvalue weighted by molar-refractivity contribution is 7.22. The van der Waals surface area contributed by atoms with Gasteiger partial charge in [-0.3, -0.25) is 0 Å². The summed E-state index contributed by atoms with van der Waals surface area (Å²) in [5.41, 5.74) is 11.4. The molecule has 0 amide bonds. The Balaban J connectivity index is 2.11. The second kappa shape index (κ2) is 4.62. The molecular weight excluding hydrogens is 250 g/mol. The Hall–Kier alpha value is -1.53. The normalized spacial score (nSPS) is 16.2. The summed E-state index contributed by atoms with van der Waals surface area (Å²) in [6.07, 6.45) is 0. The van der Waals surface area contributed by atoms with Gasteiger partial charge in [0.05, 0.1) is 30.7 Å². The van der Waals surface area contributed by atoms with E-state index in [0.29, 0.717) is 5.75 Å². The Morgan fingerprint density at radius 3 is 2.89 bits per heavy atom. The van der Waals surface area contributed by atoms with Crippen molar-refractivity contribution in [2.75, 3.05) is 38.3 Å². The summed E-state index contributed by atoms with van der Waals surface area (Å²) < 4.78 is 11.6. The van der Waals surface area contributed by atoms with Crippen molar-refractivity contribution in [1.82, 2.24) is 10.7 Å². The third-order valence-corrected chi connectivity index (χ3v) is 3.93. The first kappa shape index (κ1) is 11.6. The number of aromatic nitrogens is 1. The first-order chi connectivity index (χ1) is 8.79. The smallest absolute Gasteiger partial charge is 0.231 e. The number of methoxy groups -OCH3 is 1. The summed E-state index contributed by atoms with van der Waals surface area (Å²) in [5, 5.41) is 0.0732. The molecule has 6 heteroatoms. The highest BCUT2D eigenvalue weighted by Gasteiger charge is 2.18. The molecule has 1 aliphatic heterocycles. The lowest BCUT2D eigenvalue weighted by atomic mass is 10.2. The van der Waals surface area contributed by atoms with Gasteiger partial charge in [0.15, 0.2) is 0 Å². The minimum atomic E-state index is 0.0732. The third-order valence-electron chi connectivity index (χ3n) is 3.05. The van der Waals surface area contributed by atoms with E-state index in [1.807, 2.05) is 12.1 Å². The highest BCUT2D eigenvalue weighted by Crippen LogP contribution is 2.38. The van der Waals surface area contributed by atoms with E-state index in [1.165, 1.54) is 11.3 Å². The van der Waals surface area contributed by atoms with Crippen LogP contribution in [-0.2, 0) is 4.74 Å². The molecule has 2 aromatic rings. The van der Waals surface area contributed by atoms with Crippen molar-refractivity contribution in [3.05, 3.63) is 12.1 Å². The zero-order valence-corrected chi connectivity index (χ0v) is 10.9. The van der Waals surface area contributed by atoms with Gasteiger partial charge in [-0.15, -0.1) is 5.73 Å². The average molecular weight is 263 g/mol. The van der Waals surface area contributed by atoms with Gasteiger partial charge in [-0.25, -0.2) is 4.98 Å². The summed E-state index contributed by atoms with van der Waals surface area (Å²) in [5.74, 6) is 0.693. The second-order valence-electron chi connectivity index (χ2n) is 4.06. The number of benzene rings is 1. The molecule has 2 heterocycles. The van der Waals surface area contributed by atoms with Crippen molar-refractivity contribution >= 4 is 32.4 Å². The van der Waals surface area contributed by atoms with Gasteiger partial charge in [-0.2, -0.15) is 0 Å². The summed E-state index contributed by atoms with van der Waals surface area (Å²) in [4.78, 5) is 6.38. The second-order valence-corrected chi connectivity index (χ2v) is 5.04. The summed E-state index contributed by atoms with van der Waals surface area (Å²) in [6, 6.07) is 3.91. The molecule has 3 rings (SSSR count). The molecule has 0 bridgehead atoms. The van der Waals surface area contributed by atoms with Crippen LogP contribution in [0.4, 0.5) is 10.8 Å². The highest BCUT2D eigenvalue weighted by atomic mass is 32.1. The molecule has 1 aromatic carbocycles. The molecular formula is C12H13N3O2S. The fourth-order valence-corrected chi connectivity index (χ4v) is 3.04. The number of rotatable bonds is 2. The molecule has 5 nitrogen and oxygen atoms in total. The van der Waals surface area contributed by atoms with Crippen LogP contribution in [0.2, 0.25) is 0 Å². The third kappa shape index (κ3) is 1.87. The molecule has 0 aliphatic carbocycles. The lowest BCUT2D eigenvalue weighted by Crippen LogP contribution is -2.36. The summed E-state index contributed by atoms with van der Waals surface area (Å²) in [6.45, 7) is 3.19. The molecule has 1 saturated heterocycles. The van der Waals surface area contributed by atoms with Crippen molar-refractivity contribution in [3.63, 3.8) is 0 Å². The maximum atomic E-state index is 9.61. The fourth-order valence-electron chi connectivity index (χ4n) is 2.18. The topological polar surface area (TPSA) is 56.9 Å². The molecule has 0 spiro atoms. The van der Waals surface area contributed by atoms with Crippen LogP contribution in [0.3, 0.4) is 0 Å². The van der Waals surface area contributed by atoms with Crippen LogP contribution in [0.15, 0.2) is 12.1 Å². The van der Waals surface area contributed by atoms with Crippen molar-refractivity contribution in [1.29, 1.82) is 0 Å². The van der Waals surface area contributed by atoms with Crippen LogP contribution >= 0.6 is 11.3 Å². The van der Waals surface area contributed by atoms with Gasteiger partial charge in [-0.05, 0) is 12.1 Å². The minimum absolute atomic E-state index is 0.0732. The van der Waals surface area contributed by atoms with Gasteiger partial charge in [0.2, 0.25) is 5.13 Å². The van der Waals surface area contributed by atoms with E-state index in [-0.39, 0.29) is 5.13 Å². The van der Waals surface area contributed by atoms with E-state index in [0.717, 1.165) is 42.2 Å². The van der Waals surface area contributed by atoms with Crippen molar-refractivity contribution in [2.24, 2.45) is 0 Å². The number of hydrogen-bond acceptors (Lipinski definition) is 5. The molecule has 1 fully saturated rings. The van der Waals surface area contributed by atoms with Gasteiger partial charge in [0.1, 0.15) is 11.3 Å². The largest absolute Gasteiger partial charge is 0.494 e. The average Bonchev–Trinajstić information content (AvgIpc) is 2.80. The number of nitrogens with zero attached hydrogens (tertiary/aromatic N) is 3. The van der Waals surface area contributed by atoms with E-state index in [9.17, 15) is 5.73 Å². The zero-order valence-electron chi connectivity index (χ0n) is 10.0. The Morgan fingerprint density at radius 2 is 2.17 bits per heavy atom. The Morgan fingerprint density at radius 1 is 1.39 bits per heavy atom. The number of ether oxygens (including phenoxy) is 2. The van der Waals surface area contributed by atoms with E-state index in [1.54, 1.807) is 7.11 Å². The molecule has 94 valence electrons. The molecule has 1 aromatic heterocycles. The van der Waals surface area contributed by atoms with E-state index >= 15 is 0 Å². The van der Waals surface area contributed by atoms with Gasteiger partial charge < -0.3 is 14.4 Å². The molecule has 1 aliphatic rings.